The summed E-state index contributed by atoms with van der Waals surface area (Å²) < 4.78 is 42.7. The lowest BCUT2D eigenvalue weighted by Gasteiger charge is -2.06. The van der Waals surface area contributed by atoms with E-state index in [4.69, 9.17) is 16.3 Å². The fourth-order valence-corrected chi connectivity index (χ4v) is 2.26. The first-order valence-corrected chi connectivity index (χ1v) is 7.17. The molecule has 0 N–H and O–H groups in total. The lowest BCUT2D eigenvalue weighted by Crippen LogP contribution is -2.08. The van der Waals surface area contributed by atoms with Crippen LogP contribution in [0.25, 0.3) is 6.08 Å². The molecule has 0 spiro atoms. The van der Waals surface area contributed by atoms with Gasteiger partial charge in [0.15, 0.2) is 5.70 Å². The van der Waals surface area contributed by atoms with Crippen LogP contribution in [0.1, 0.15) is 16.7 Å². The van der Waals surface area contributed by atoms with Crippen LogP contribution in [0.3, 0.4) is 0 Å². The van der Waals surface area contributed by atoms with Crippen molar-refractivity contribution in [2.75, 3.05) is 0 Å². The van der Waals surface area contributed by atoms with Gasteiger partial charge in [0.25, 0.3) is 0 Å². The molecule has 0 fully saturated rings. The minimum atomic E-state index is -4.43. The van der Waals surface area contributed by atoms with Crippen molar-refractivity contribution in [1.29, 1.82) is 0 Å². The average molecular weight is 352 g/mol. The number of ether oxygens (including phenoxy) is 1. The molecule has 122 valence electrons. The molecule has 0 aromatic heterocycles. The number of hydrogen-bond acceptors (Lipinski definition) is 3. The lowest BCUT2D eigenvalue weighted by atomic mass is 10.1. The Hall–Kier alpha value is -2.60. The summed E-state index contributed by atoms with van der Waals surface area (Å²) in [6.07, 6.45) is -2.97. The topological polar surface area (TPSA) is 38.7 Å². The molecule has 1 aliphatic rings. The van der Waals surface area contributed by atoms with Crippen molar-refractivity contribution in [3.05, 3.63) is 75.9 Å². The largest absolute Gasteiger partial charge is 0.416 e. The van der Waals surface area contributed by atoms with E-state index in [0.717, 1.165) is 12.1 Å². The van der Waals surface area contributed by atoms with Gasteiger partial charge in [0.05, 0.1) is 5.56 Å². The quantitative estimate of drug-likeness (QED) is 0.581. The van der Waals surface area contributed by atoms with Crippen molar-refractivity contribution >= 4 is 29.5 Å². The Morgan fingerprint density at radius 2 is 1.71 bits per heavy atom. The predicted octanol–water partition coefficient (Wildman–Crippen LogP) is 4.70. The lowest BCUT2D eigenvalue weighted by molar-refractivity contribution is -0.137. The number of esters is 1. The highest BCUT2D eigenvalue weighted by Gasteiger charge is 2.31. The van der Waals surface area contributed by atoms with Crippen LogP contribution in [0.2, 0.25) is 5.02 Å². The molecular formula is C17H9ClF3NO2. The zero-order valence-corrected chi connectivity index (χ0v) is 12.7. The maximum absolute atomic E-state index is 12.6. The highest BCUT2D eigenvalue weighted by Crippen LogP contribution is 2.30. The molecule has 7 heteroatoms. The number of cyclic esters (lactones) is 1. The minimum absolute atomic E-state index is 0.0259. The second-order valence-electron chi connectivity index (χ2n) is 4.93. The maximum Gasteiger partial charge on any atom is 0.416 e. The van der Waals surface area contributed by atoms with E-state index in [-0.39, 0.29) is 17.2 Å². The Bertz CT molecular complexity index is 855. The summed E-state index contributed by atoms with van der Waals surface area (Å²) in [4.78, 5) is 15.9. The third kappa shape index (κ3) is 3.33. The number of halogens is 4. The van der Waals surface area contributed by atoms with Crippen molar-refractivity contribution < 1.29 is 22.7 Å². The first-order valence-electron chi connectivity index (χ1n) is 6.79. The standard InChI is InChI=1S/C17H9ClF3NO2/c18-13-4-2-1-3-11(13)9-14-16(23)24-15(22-14)10-5-7-12(8-6-10)17(19,20)21/h1-9H/b14-9+. The summed E-state index contributed by atoms with van der Waals surface area (Å²) in [7, 11) is 0. The van der Waals surface area contributed by atoms with Gasteiger partial charge in [-0.3, -0.25) is 0 Å². The van der Waals surface area contributed by atoms with E-state index in [1.54, 1.807) is 24.3 Å². The molecule has 24 heavy (non-hydrogen) atoms. The van der Waals surface area contributed by atoms with Gasteiger partial charge in [-0.05, 0) is 42.0 Å². The van der Waals surface area contributed by atoms with E-state index in [1.807, 2.05) is 0 Å². The van der Waals surface area contributed by atoms with Crippen LogP contribution in [-0.4, -0.2) is 11.9 Å². The number of aliphatic imine (C=N–C) groups is 1. The minimum Gasteiger partial charge on any atom is -0.402 e. The van der Waals surface area contributed by atoms with Gasteiger partial charge < -0.3 is 4.74 Å². The van der Waals surface area contributed by atoms with Gasteiger partial charge in [-0.2, -0.15) is 13.2 Å². The predicted molar refractivity (Wildman–Crippen MR) is 83.5 cm³/mol. The molecule has 3 rings (SSSR count). The number of hydrogen-bond donors (Lipinski definition) is 0. The first kappa shape index (κ1) is 16.3. The molecule has 0 radical (unpaired) electrons. The van der Waals surface area contributed by atoms with Gasteiger partial charge in [-0.1, -0.05) is 29.8 Å². The third-order valence-corrected chi connectivity index (χ3v) is 3.62. The molecule has 0 aliphatic carbocycles. The molecule has 2 aromatic rings. The Morgan fingerprint density at radius 1 is 1.04 bits per heavy atom. The summed E-state index contributed by atoms with van der Waals surface area (Å²) in [6.45, 7) is 0. The Balaban J connectivity index is 1.91. The van der Waals surface area contributed by atoms with Crippen molar-refractivity contribution in [3.63, 3.8) is 0 Å². The van der Waals surface area contributed by atoms with Gasteiger partial charge >= 0.3 is 12.1 Å². The van der Waals surface area contributed by atoms with Gasteiger partial charge in [0.1, 0.15) is 0 Å². The van der Waals surface area contributed by atoms with Crippen molar-refractivity contribution in [2.45, 2.75) is 6.18 Å². The number of alkyl halides is 3. The van der Waals surface area contributed by atoms with Crippen LogP contribution in [0, 0.1) is 0 Å². The molecule has 0 saturated carbocycles. The summed E-state index contributed by atoms with van der Waals surface area (Å²) >= 11 is 6.01. The summed E-state index contributed by atoms with van der Waals surface area (Å²) in [5.74, 6) is -0.739. The number of carbonyl (C=O) groups is 1. The summed E-state index contributed by atoms with van der Waals surface area (Å²) in [5, 5.41) is 0.441. The monoisotopic (exact) mass is 351 g/mol. The number of rotatable bonds is 2. The summed E-state index contributed by atoms with van der Waals surface area (Å²) in [5.41, 5.74) is 0.100. The van der Waals surface area contributed by atoms with Crippen molar-refractivity contribution in [3.8, 4) is 0 Å². The zero-order valence-electron chi connectivity index (χ0n) is 12.0. The van der Waals surface area contributed by atoms with Crippen LogP contribution in [0.15, 0.2) is 59.2 Å². The molecule has 0 atom stereocenters. The van der Waals surface area contributed by atoms with Crippen LogP contribution in [0.5, 0.6) is 0 Å². The normalized spacial score (nSPS) is 16.2. The van der Waals surface area contributed by atoms with E-state index >= 15 is 0 Å². The van der Waals surface area contributed by atoms with Crippen LogP contribution in [-0.2, 0) is 15.7 Å². The SMILES string of the molecule is O=C1OC(c2ccc(C(F)(F)F)cc2)=N/C1=C/c1ccccc1Cl. The molecule has 0 bridgehead atoms. The average Bonchev–Trinajstić information content (AvgIpc) is 2.90. The van der Waals surface area contributed by atoms with Crippen LogP contribution >= 0.6 is 11.6 Å². The Labute approximate surface area is 140 Å². The smallest absolute Gasteiger partial charge is 0.402 e. The Morgan fingerprint density at radius 3 is 2.33 bits per heavy atom. The number of nitrogens with zero attached hydrogens (tertiary/aromatic N) is 1. The first-order chi connectivity index (χ1) is 11.3. The highest BCUT2D eigenvalue weighted by atomic mass is 35.5. The van der Waals surface area contributed by atoms with E-state index in [9.17, 15) is 18.0 Å². The molecule has 1 heterocycles. The molecule has 0 saturated heterocycles. The van der Waals surface area contributed by atoms with E-state index in [1.165, 1.54) is 18.2 Å². The van der Waals surface area contributed by atoms with E-state index in [2.05, 4.69) is 4.99 Å². The maximum atomic E-state index is 12.6. The highest BCUT2D eigenvalue weighted by molar-refractivity contribution is 6.32. The summed E-state index contributed by atoms with van der Waals surface area (Å²) in [6, 6.07) is 11.1. The van der Waals surface area contributed by atoms with Crippen molar-refractivity contribution in [2.24, 2.45) is 4.99 Å². The van der Waals surface area contributed by atoms with Crippen LogP contribution in [0.4, 0.5) is 13.2 Å². The van der Waals surface area contributed by atoms with E-state index < -0.39 is 17.7 Å². The number of carbonyl (C=O) groups excluding carboxylic acids is 1. The zero-order chi connectivity index (χ0) is 17.3. The number of benzene rings is 2. The molecule has 0 unspecified atom stereocenters. The molecule has 2 aromatic carbocycles. The third-order valence-electron chi connectivity index (χ3n) is 3.28. The molecule has 0 amide bonds. The molecule has 1 aliphatic heterocycles. The second-order valence-corrected chi connectivity index (χ2v) is 5.34. The molecule has 3 nitrogen and oxygen atoms in total. The van der Waals surface area contributed by atoms with Gasteiger partial charge in [-0.25, -0.2) is 9.79 Å². The van der Waals surface area contributed by atoms with Gasteiger partial charge in [0, 0.05) is 10.6 Å². The van der Waals surface area contributed by atoms with Gasteiger partial charge in [-0.15, -0.1) is 0 Å². The van der Waals surface area contributed by atoms with Gasteiger partial charge in [0.2, 0.25) is 5.90 Å². The second kappa shape index (κ2) is 6.13. The Kier molecular flexibility index (Phi) is 4.15. The van der Waals surface area contributed by atoms with E-state index in [0.29, 0.717) is 10.6 Å². The van der Waals surface area contributed by atoms with Crippen molar-refractivity contribution in [1.82, 2.24) is 0 Å². The van der Waals surface area contributed by atoms with Crippen LogP contribution < -0.4 is 0 Å². The fourth-order valence-electron chi connectivity index (χ4n) is 2.07. The molecular weight excluding hydrogens is 343 g/mol. The fraction of sp³-hybridized carbons (Fsp3) is 0.0588.